The zero-order valence-electron chi connectivity index (χ0n) is 10.8. The molecule has 1 nitrogen and oxygen atoms in total. The van der Waals surface area contributed by atoms with E-state index >= 15 is 0 Å². The van der Waals surface area contributed by atoms with Crippen molar-refractivity contribution in [3.05, 3.63) is 41.6 Å². The first kappa shape index (κ1) is 10.6. The van der Waals surface area contributed by atoms with E-state index in [2.05, 4.69) is 61.8 Å². The summed E-state index contributed by atoms with van der Waals surface area (Å²) in [6.45, 7) is 6.82. The first-order valence-corrected chi connectivity index (χ1v) is 6.48. The molecule has 17 heavy (non-hydrogen) atoms. The van der Waals surface area contributed by atoms with E-state index in [-0.39, 0.29) is 0 Å². The van der Waals surface area contributed by atoms with Gasteiger partial charge in [-0.05, 0) is 43.9 Å². The van der Waals surface area contributed by atoms with Crippen LogP contribution in [-0.2, 0) is 6.42 Å². The van der Waals surface area contributed by atoms with Crippen molar-refractivity contribution in [2.45, 2.75) is 33.2 Å². The van der Waals surface area contributed by atoms with Gasteiger partial charge in [0.1, 0.15) is 0 Å². The number of hydrogen-bond donors (Lipinski definition) is 0. The van der Waals surface area contributed by atoms with Crippen LogP contribution in [0.1, 0.15) is 38.1 Å². The lowest BCUT2D eigenvalue weighted by molar-refractivity contribution is 0.608. The number of benzene rings is 1. The van der Waals surface area contributed by atoms with Gasteiger partial charge in [0.05, 0.1) is 0 Å². The van der Waals surface area contributed by atoms with Crippen molar-refractivity contribution in [3.63, 3.8) is 0 Å². The maximum atomic E-state index is 2.47. The highest BCUT2D eigenvalue weighted by atomic mass is 15.0. The molecule has 0 spiro atoms. The molecule has 1 aliphatic carbocycles. The topological polar surface area (TPSA) is 4.93 Å². The van der Waals surface area contributed by atoms with Crippen molar-refractivity contribution in [3.8, 4) is 0 Å². The largest absolute Gasteiger partial charge is 0.338 e. The molecule has 1 atom stereocenters. The molecular weight excluding hydrogens is 206 g/mol. The maximum absolute atomic E-state index is 2.47. The van der Waals surface area contributed by atoms with Crippen LogP contribution in [-0.4, -0.2) is 4.57 Å². The minimum Gasteiger partial charge on any atom is -0.338 e. The third-order valence-corrected chi connectivity index (χ3v) is 3.68. The number of para-hydroxylation sites is 1. The molecule has 0 aliphatic heterocycles. The molecule has 1 heteroatoms. The van der Waals surface area contributed by atoms with E-state index < -0.39 is 0 Å². The van der Waals surface area contributed by atoms with Crippen LogP contribution in [0, 0.1) is 5.92 Å². The van der Waals surface area contributed by atoms with Crippen molar-refractivity contribution >= 4 is 17.0 Å². The predicted molar refractivity (Wildman–Crippen MR) is 74.2 cm³/mol. The highest BCUT2D eigenvalue weighted by molar-refractivity contribution is 5.89. The molecule has 0 radical (unpaired) electrons. The summed E-state index contributed by atoms with van der Waals surface area (Å²) in [4.78, 5) is 0. The maximum Gasteiger partial charge on any atom is 0.0490 e. The Bertz CT molecular complexity index is 587. The molecule has 2 aromatic rings. The van der Waals surface area contributed by atoms with Gasteiger partial charge in [-0.25, -0.2) is 0 Å². The van der Waals surface area contributed by atoms with Gasteiger partial charge in [0.15, 0.2) is 0 Å². The Morgan fingerprint density at radius 2 is 2.00 bits per heavy atom. The van der Waals surface area contributed by atoms with Gasteiger partial charge < -0.3 is 4.57 Å². The molecule has 0 N–H and O–H groups in total. The van der Waals surface area contributed by atoms with Crippen LogP contribution in [0.15, 0.2) is 30.3 Å². The monoisotopic (exact) mass is 225 g/mol. The molecule has 0 bridgehead atoms. The molecule has 1 aliphatic rings. The van der Waals surface area contributed by atoms with Gasteiger partial charge in [0.25, 0.3) is 0 Å². The molecule has 88 valence electrons. The number of fused-ring (bicyclic) bond motifs is 3. The van der Waals surface area contributed by atoms with Crippen molar-refractivity contribution in [1.82, 2.24) is 4.57 Å². The number of hydrogen-bond acceptors (Lipinski definition) is 0. The van der Waals surface area contributed by atoms with E-state index in [1.165, 1.54) is 28.6 Å². The third kappa shape index (κ3) is 1.53. The molecule has 1 heterocycles. The van der Waals surface area contributed by atoms with E-state index in [1.807, 2.05) is 0 Å². The lowest BCUT2D eigenvalue weighted by Gasteiger charge is -2.17. The van der Waals surface area contributed by atoms with Gasteiger partial charge in [0, 0.05) is 22.6 Å². The normalized spacial score (nSPS) is 18.9. The van der Waals surface area contributed by atoms with Gasteiger partial charge in [-0.15, -0.1) is 0 Å². The highest BCUT2D eigenvalue weighted by Gasteiger charge is 2.20. The van der Waals surface area contributed by atoms with Crippen molar-refractivity contribution in [2.75, 3.05) is 0 Å². The second-order valence-electron chi connectivity index (χ2n) is 5.39. The zero-order valence-corrected chi connectivity index (χ0v) is 10.8. The summed E-state index contributed by atoms with van der Waals surface area (Å²) < 4.78 is 2.47. The third-order valence-electron chi connectivity index (χ3n) is 3.68. The minimum absolute atomic E-state index is 0.515. The molecule has 1 aromatic carbocycles. The van der Waals surface area contributed by atoms with E-state index in [1.54, 1.807) is 0 Å². The molecule has 1 unspecified atom stereocenters. The van der Waals surface area contributed by atoms with Crippen LogP contribution in [0.2, 0.25) is 0 Å². The van der Waals surface area contributed by atoms with E-state index in [4.69, 9.17) is 0 Å². The van der Waals surface area contributed by atoms with Gasteiger partial charge in [-0.1, -0.05) is 31.2 Å². The Balaban J connectivity index is 2.38. The Labute approximate surface area is 103 Å². The van der Waals surface area contributed by atoms with Crippen LogP contribution in [0.5, 0.6) is 0 Å². The summed E-state index contributed by atoms with van der Waals surface area (Å²) in [5.41, 5.74) is 4.33. The number of nitrogens with zero attached hydrogens (tertiary/aromatic N) is 1. The smallest absolute Gasteiger partial charge is 0.0490 e. The molecule has 0 saturated carbocycles. The van der Waals surface area contributed by atoms with Gasteiger partial charge in [-0.3, -0.25) is 0 Å². The molecule has 0 amide bonds. The lowest BCUT2D eigenvalue weighted by Crippen LogP contribution is -2.07. The summed E-state index contributed by atoms with van der Waals surface area (Å²) in [5.74, 6) is 0.661. The quantitative estimate of drug-likeness (QED) is 0.676. The van der Waals surface area contributed by atoms with Crippen molar-refractivity contribution in [1.29, 1.82) is 0 Å². The Morgan fingerprint density at radius 1 is 1.24 bits per heavy atom. The number of rotatable bonds is 1. The van der Waals surface area contributed by atoms with Crippen LogP contribution in [0.4, 0.5) is 0 Å². The first-order valence-electron chi connectivity index (χ1n) is 6.48. The summed E-state index contributed by atoms with van der Waals surface area (Å²) in [5, 5.41) is 1.44. The van der Waals surface area contributed by atoms with Gasteiger partial charge in [-0.2, -0.15) is 0 Å². The fourth-order valence-electron chi connectivity index (χ4n) is 2.95. The van der Waals surface area contributed by atoms with E-state index in [0.29, 0.717) is 12.0 Å². The second kappa shape index (κ2) is 3.76. The van der Waals surface area contributed by atoms with Crippen LogP contribution in [0.3, 0.4) is 0 Å². The SMILES string of the molecule is CC1C=Cc2c(c3ccccc3n2C(C)C)C1. The lowest BCUT2D eigenvalue weighted by atomic mass is 9.93. The molecule has 0 saturated heterocycles. The number of allylic oxidation sites excluding steroid dienone is 1. The molecular formula is C16H19N. The van der Waals surface area contributed by atoms with Crippen LogP contribution in [0.25, 0.3) is 17.0 Å². The first-order chi connectivity index (χ1) is 8.18. The fraction of sp³-hybridized carbons (Fsp3) is 0.375. The zero-order chi connectivity index (χ0) is 12.0. The molecule has 0 fully saturated rings. The fourth-order valence-corrected chi connectivity index (χ4v) is 2.95. The second-order valence-corrected chi connectivity index (χ2v) is 5.39. The summed E-state index contributed by atoms with van der Waals surface area (Å²) >= 11 is 0. The van der Waals surface area contributed by atoms with Gasteiger partial charge >= 0.3 is 0 Å². The average molecular weight is 225 g/mol. The predicted octanol–water partition coefficient (Wildman–Crippen LogP) is 4.43. The molecule has 3 rings (SSSR count). The standard InChI is InChI=1S/C16H19N/c1-11(2)17-15-7-5-4-6-13(15)14-10-12(3)8-9-16(14)17/h4-9,11-12H,10H2,1-3H3. The van der Waals surface area contributed by atoms with Crippen molar-refractivity contribution in [2.24, 2.45) is 5.92 Å². The molecule has 1 aromatic heterocycles. The number of aromatic nitrogens is 1. The Morgan fingerprint density at radius 3 is 2.76 bits per heavy atom. The van der Waals surface area contributed by atoms with Crippen LogP contribution < -0.4 is 0 Å². The average Bonchev–Trinajstić information content (AvgIpc) is 2.63. The highest BCUT2D eigenvalue weighted by Crippen LogP contribution is 2.34. The van der Waals surface area contributed by atoms with E-state index in [0.717, 1.165) is 0 Å². The summed E-state index contributed by atoms with van der Waals surface area (Å²) in [6.07, 6.45) is 5.82. The van der Waals surface area contributed by atoms with Gasteiger partial charge in [0.2, 0.25) is 0 Å². The summed E-state index contributed by atoms with van der Waals surface area (Å²) in [7, 11) is 0. The Hall–Kier alpha value is -1.50. The van der Waals surface area contributed by atoms with Crippen LogP contribution >= 0.6 is 0 Å². The summed E-state index contributed by atoms with van der Waals surface area (Å²) in [6, 6.07) is 9.31. The Kier molecular flexibility index (Phi) is 2.36. The minimum atomic E-state index is 0.515. The van der Waals surface area contributed by atoms with Crippen molar-refractivity contribution < 1.29 is 0 Å². The van der Waals surface area contributed by atoms with E-state index in [9.17, 15) is 0 Å².